The first-order valence-electron chi connectivity index (χ1n) is 10.8. The number of esters is 1. The average molecular weight is 373 g/mol. The van der Waals surface area contributed by atoms with E-state index in [4.69, 9.17) is 14.2 Å². The SMILES string of the molecule is CCCCCCCCCCCCCOCCOCCC(=O)OC(C)(C)C. The summed E-state index contributed by atoms with van der Waals surface area (Å²) in [5.41, 5.74) is -0.422. The number of hydrogen-bond acceptors (Lipinski definition) is 4. The van der Waals surface area contributed by atoms with E-state index in [1.165, 1.54) is 64.2 Å². The quantitative estimate of drug-likeness (QED) is 0.217. The van der Waals surface area contributed by atoms with E-state index in [0.717, 1.165) is 13.0 Å². The molecule has 4 nitrogen and oxygen atoms in total. The smallest absolute Gasteiger partial charge is 0.308 e. The molecule has 0 aromatic heterocycles. The highest BCUT2D eigenvalue weighted by atomic mass is 16.6. The fourth-order valence-electron chi connectivity index (χ4n) is 2.74. The molecule has 0 heterocycles. The second-order valence-electron chi connectivity index (χ2n) is 8.10. The number of hydrogen-bond donors (Lipinski definition) is 0. The van der Waals surface area contributed by atoms with Crippen molar-refractivity contribution in [3.05, 3.63) is 0 Å². The van der Waals surface area contributed by atoms with Crippen LogP contribution in [0.25, 0.3) is 0 Å². The highest BCUT2D eigenvalue weighted by Crippen LogP contribution is 2.11. The zero-order chi connectivity index (χ0) is 19.5. The van der Waals surface area contributed by atoms with Gasteiger partial charge >= 0.3 is 5.97 Å². The molecular formula is C22H44O4. The minimum Gasteiger partial charge on any atom is -0.460 e. The van der Waals surface area contributed by atoms with Gasteiger partial charge in [-0.3, -0.25) is 4.79 Å². The van der Waals surface area contributed by atoms with Crippen LogP contribution in [0.15, 0.2) is 0 Å². The van der Waals surface area contributed by atoms with E-state index >= 15 is 0 Å². The van der Waals surface area contributed by atoms with Crippen LogP contribution in [-0.4, -0.2) is 38.0 Å². The van der Waals surface area contributed by atoms with E-state index in [2.05, 4.69) is 6.92 Å². The van der Waals surface area contributed by atoms with Crippen LogP contribution in [0.4, 0.5) is 0 Å². The molecule has 0 saturated heterocycles. The molecule has 0 aromatic carbocycles. The molecule has 0 aliphatic carbocycles. The second-order valence-corrected chi connectivity index (χ2v) is 8.10. The molecule has 0 unspecified atom stereocenters. The van der Waals surface area contributed by atoms with Crippen LogP contribution in [0.3, 0.4) is 0 Å². The van der Waals surface area contributed by atoms with Gasteiger partial charge < -0.3 is 14.2 Å². The Morgan fingerprint density at radius 1 is 0.654 bits per heavy atom. The van der Waals surface area contributed by atoms with Crippen molar-refractivity contribution >= 4 is 5.97 Å². The van der Waals surface area contributed by atoms with E-state index in [9.17, 15) is 4.79 Å². The molecule has 4 heteroatoms. The fourth-order valence-corrected chi connectivity index (χ4v) is 2.74. The first kappa shape index (κ1) is 25.4. The monoisotopic (exact) mass is 372 g/mol. The molecular weight excluding hydrogens is 328 g/mol. The maximum absolute atomic E-state index is 11.5. The van der Waals surface area contributed by atoms with Crippen LogP contribution in [0, 0.1) is 0 Å². The summed E-state index contributed by atoms with van der Waals surface area (Å²) in [4.78, 5) is 11.5. The van der Waals surface area contributed by atoms with Gasteiger partial charge in [0.2, 0.25) is 0 Å². The Hall–Kier alpha value is -0.610. The summed E-state index contributed by atoms with van der Waals surface area (Å²) < 4.78 is 16.2. The van der Waals surface area contributed by atoms with Crippen molar-refractivity contribution in [3.8, 4) is 0 Å². The molecule has 0 spiro atoms. The van der Waals surface area contributed by atoms with E-state index in [0.29, 0.717) is 26.2 Å². The lowest BCUT2D eigenvalue weighted by atomic mass is 10.1. The number of carbonyl (C=O) groups is 1. The lowest BCUT2D eigenvalue weighted by molar-refractivity contribution is -0.156. The third-order valence-corrected chi connectivity index (χ3v) is 4.13. The Balaban J connectivity index is 3.12. The summed E-state index contributed by atoms with van der Waals surface area (Å²) in [6.07, 6.45) is 15.2. The van der Waals surface area contributed by atoms with E-state index < -0.39 is 5.60 Å². The predicted molar refractivity (Wildman–Crippen MR) is 109 cm³/mol. The van der Waals surface area contributed by atoms with Crippen molar-refractivity contribution in [1.29, 1.82) is 0 Å². The molecule has 0 aliphatic heterocycles. The highest BCUT2D eigenvalue weighted by Gasteiger charge is 2.15. The van der Waals surface area contributed by atoms with E-state index in [-0.39, 0.29) is 5.97 Å². The standard InChI is InChI=1S/C22H44O4/c1-5-6-7-8-9-10-11-12-13-14-15-17-24-19-20-25-18-16-21(23)26-22(2,3)4/h5-20H2,1-4H3. The molecule has 0 saturated carbocycles. The number of unbranched alkanes of at least 4 members (excludes halogenated alkanes) is 10. The molecule has 0 bridgehead atoms. The van der Waals surface area contributed by atoms with Gasteiger partial charge in [-0.15, -0.1) is 0 Å². The van der Waals surface area contributed by atoms with Crippen LogP contribution < -0.4 is 0 Å². The molecule has 0 rings (SSSR count). The predicted octanol–water partition coefficient (Wildman–Crippen LogP) is 6.06. The first-order chi connectivity index (χ1) is 12.5. The van der Waals surface area contributed by atoms with Gasteiger partial charge in [-0.2, -0.15) is 0 Å². The van der Waals surface area contributed by atoms with Crippen molar-refractivity contribution < 1.29 is 19.0 Å². The van der Waals surface area contributed by atoms with E-state index in [1.807, 2.05) is 20.8 Å². The largest absolute Gasteiger partial charge is 0.460 e. The van der Waals surface area contributed by atoms with Crippen molar-refractivity contribution in [1.82, 2.24) is 0 Å². The van der Waals surface area contributed by atoms with Crippen molar-refractivity contribution in [2.45, 2.75) is 110 Å². The fraction of sp³-hybridized carbons (Fsp3) is 0.955. The van der Waals surface area contributed by atoms with Crippen LogP contribution >= 0.6 is 0 Å². The van der Waals surface area contributed by atoms with Crippen LogP contribution in [0.5, 0.6) is 0 Å². The molecule has 0 aliphatic rings. The van der Waals surface area contributed by atoms with Crippen LogP contribution in [0.1, 0.15) is 105 Å². The van der Waals surface area contributed by atoms with Gasteiger partial charge in [0.05, 0.1) is 26.2 Å². The van der Waals surface area contributed by atoms with E-state index in [1.54, 1.807) is 0 Å². The minimum absolute atomic E-state index is 0.209. The molecule has 0 amide bonds. The van der Waals surface area contributed by atoms with Crippen LogP contribution in [0.2, 0.25) is 0 Å². The Labute approximate surface area is 162 Å². The molecule has 156 valence electrons. The van der Waals surface area contributed by atoms with Gasteiger partial charge in [-0.25, -0.2) is 0 Å². The summed E-state index contributed by atoms with van der Waals surface area (Å²) in [5, 5.41) is 0. The van der Waals surface area contributed by atoms with Gasteiger partial charge in [-0.1, -0.05) is 71.1 Å². The molecule has 0 aromatic rings. The molecule has 0 radical (unpaired) electrons. The summed E-state index contributed by atoms with van der Waals surface area (Å²) in [6, 6.07) is 0. The van der Waals surface area contributed by atoms with Gasteiger partial charge in [0.25, 0.3) is 0 Å². The summed E-state index contributed by atoms with van der Waals surface area (Å²) >= 11 is 0. The third-order valence-electron chi connectivity index (χ3n) is 4.13. The summed E-state index contributed by atoms with van der Waals surface area (Å²) in [6.45, 7) is 10.2. The maximum Gasteiger partial charge on any atom is 0.308 e. The molecule has 26 heavy (non-hydrogen) atoms. The molecule has 0 atom stereocenters. The Morgan fingerprint density at radius 3 is 1.62 bits per heavy atom. The zero-order valence-corrected chi connectivity index (χ0v) is 17.9. The van der Waals surface area contributed by atoms with Gasteiger partial charge in [0.1, 0.15) is 5.60 Å². The Kier molecular flexibility index (Phi) is 17.4. The van der Waals surface area contributed by atoms with Gasteiger partial charge in [-0.05, 0) is 27.2 Å². The maximum atomic E-state index is 11.5. The second kappa shape index (κ2) is 17.8. The van der Waals surface area contributed by atoms with Crippen molar-refractivity contribution in [3.63, 3.8) is 0 Å². The Bertz CT molecular complexity index is 310. The van der Waals surface area contributed by atoms with Gasteiger partial charge in [0, 0.05) is 6.61 Å². The number of ether oxygens (including phenoxy) is 3. The lowest BCUT2D eigenvalue weighted by Crippen LogP contribution is -2.24. The third kappa shape index (κ3) is 21.4. The topological polar surface area (TPSA) is 44.8 Å². The highest BCUT2D eigenvalue weighted by molar-refractivity contribution is 5.69. The van der Waals surface area contributed by atoms with Crippen LogP contribution in [-0.2, 0) is 19.0 Å². The molecule has 0 fully saturated rings. The number of rotatable bonds is 18. The summed E-state index contributed by atoms with van der Waals surface area (Å²) in [5.74, 6) is -0.209. The number of carbonyl (C=O) groups excluding carboxylic acids is 1. The lowest BCUT2D eigenvalue weighted by Gasteiger charge is -2.19. The van der Waals surface area contributed by atoms with Crippen molar-refractivity contribution in [2.24, 2.45) is 0 Å². The zero-order valence-electron chi connectivity index (χ0n) is 17.9. The van der Waals surface area contributed by atoms with Crippen molar-refractivity contribution in [2.75, 3.05) is 26.4 Å². The normalized spacial score (nSPS) is 11.7. The van der Waals surface area contributed by atoms with Gasteiger partial charge in [0.15, 0.2) is 0 Å². The summed E-state index contributed by atoms with van der Waals surface area (Å²) in [7, 11) is 0. The first-order valence-corrected chi connectivity index (χ1v) is 10.8. The average Bonchev–Trinajstić information content (AvgIpc) is 2.56. The minimum atomic E-state index is -0.422. The molecule has 0 N–H and O–H groups in total. The Morgan fingerprint density at radius 2 is 1.12 bits per heavy atom.